The minimum absolute atomic E-state index is 0.155. The number of piperidine rings is 2. The Hall–Kier alpha value is -1.58. The van der Waals surface area contributed by atoms with Crippen LogP contribution < -0.4 is 0 Å². The normalized spacial score (nSPS) is 25.1. The third-order valence-electron chi connectivity index (χ3n) is 7.17. The molecule has 2 aromatic rings. The average Bonchev–Trinajstić information content (AvgIpc) is 3.25. The SMILES string of the molecule is O=C(CSc1nc2cc(S(=O)(=O)N3CCCCC3)ccc2o1)N1CCC[C@@H]2CCCC[C@@H]21. The van der Waals surface area contributed by atoms with E-state index >= 15 is 0 Å². The Labute approximate surface area is 194 Å². The number of carbonyl (C=O) groups is 1. The molecule has 2 aliphatic heterocycles. The van der Waals surface area contributed by atoms with E-state index in [0.29, 0.717) is 47.1 Å². The maximum Gasteiger partial charge on any atom is 0.257 e. The Morgan fingerprint density at radius 1 is 1.03 bits per heavy atom. The summed E-state index contributed by atoms with van der Waals surface area (Å²) in [5.41, 5.74) is 1.06. The summed E-state index contributed by atoms with van der Waals surface area (Å²) < 4.78 is 33.3. The molecule has 0 radical (unpaired) electrons. The van der Waals surface area contributed by atoms with Gasteiger partial charge in [0.05, 0.1) is 10.6 Å². The highest BCUT2D eigenvalue weighted by Crippen LogP contribution is 2.36. The fourth-order valence-electron chi connectivity index (χ4n) is 5.50. The molecule has 3 heterocycles. The van der Waals surface area contributed by atoms with Crippen LogP contribution in [-0.4, -0.2) is 59.9 Å². The van der Waals surface area contributed by atoms with E-state index in [4.69, 9.17) is 4.42 Å². The van der Waals surface area contributed by atoms with Crippen LogP contribution in [-0.2, 0) is 14.8 Å². The van der Waals surface area contributed by atoms with Crippen LogP contribution >= 0.6 is 11.8 Å². The second-order valence-electron chi connectivity index (χ2n) is 9.20. The minimum atomic E-state index is -3.51. The van der Waals surface area contributed by atoms with Crippen LogP contribution in [0.5, 0.6) is 0 Å². The number of sulfonamides is 1. The first-order chi connectivity index (χ1) is 15.5. The van der Waals surface area contributed by atoms with Crippen LogP contribution in [0.1, 0.15) is 57.8 Å². The van der Waals surface area contributed by atoms with Crippen LogP contribution in [0.3, 0.4) is 0 Å². The molecule has 1 aromatic heterocycles. The topological polar surface area (TPSA) is 83.7 Å². The Balaban J connectivity index is 1.26. The van der Waals surface area contributed by atoms with Crippen molar-refractivity contribution in [3.05, 3.63) is 18.2 Å². The van der Waals surface area contributed by atoms with E-state index in [1.807, 2.05) is 0 Å². The number of likely N-dealkylation sites (tertiary alicyclic amines) is 1. The summed E-state index contributed by atoms with van der Waals surface area (Å²) in [5, 5.41) is 0.415. The lowest BCUT2D eigenvalue weighted by molar-refractivity contribution is -0.134. The van der Waals surface area contributed by atoms with Gasteiger partial charge in [-0.15, -0.1) is 0 Å². The smallest absolute Gasteiger partial charge is 0.257 e. The summed E-state index contributed by atoms with van der Waals surface area (Å²) >= 11 is 1.30. The van der Waals surface area contributed by atoms with Crippen molar-refractivity contribution in [2.45, 2.75) is 73.9 Å². The fraction of sp³-hybridized carbons (Fsp3) is 0.652. The Morgan fingerprint density at radius 3 is 2.66 bits per heavy atom. The first-order valence-corrected chi connectivity index (χ1v) is 14.3. The molecular formula is C23H31N3O4S2. The second-order valence-corrected chi connectivity index (χ2v) is 12.1. The standard InChI is InChI=1S/C23H31N3O4S2/c27-22(26-14-6-8-17-7-2-3-9-20(17)26)16-31-23-24-19-15-18(10-11-21(19)30-23)32(28,29)25-12-4-1-5-13-25/h10-11,15,17,20H,1-9,12-14,16H2/t17-,20-/m0/s1. The largest absolute Gasteiger partial charge is 0.431 e. The number of hydrogen-bond acceptors (Lipinski definition) is 6. The Morgan fingerprint density at radius 2 is 1.81 bits per heavy atom. The first kappa shape index (κ1) is 22.2. The highest BCUT2D eigenvalue weighted by atomic mass is 32.2. The van der Waals surface area contributed by atoms with Gasteiger partial charge in [0, 0.05) is 25.7 Å². The van der Waals surface area contributed by atoms with Gasteiger partial charge in [-0.05, 0) is 62.6 Å². The second kappa shape index (κ2) is 9.35. The summed E-state index contributed by atoms with van der Waals surface area (Å²) in [7, 11) is -3.51. The van der Waals surface area contributed by atoms with E-state index in [0.717, 1.165) is 38.6 Å². The number of thioether (sulfide) groups is 1. The number of benzene rings is 1. The van der Waals surface area contributed by atoms with Crippen molar-refractivity contribution in [2.75, 3.05) is 25.4 Å². The molecule has 1 saturated carbocycles. The van der Waals surface area contributed by atoms with Crippen LogP contribution in [0, 0.1) is 5.92 Å². The molecule has 9 heteroatoms. The van der Waals surface area contributed by atoms with Crippen molar-refractivity contribution in [1.29, 1.82) is 0 Å². The van der Waals surface area contributed by atoms with Gasteiger partial charge in [-0.2, -0.15) is 4.31 Å². The molecule has 0 spiro atoms. The minimum Gasteiger partial charge on any atom is -0.431 e. The molecule has 174 valence electrons. The number of aromatic nitrogens is 1. The summed E-state index contributed by atoms with van der Waals surface area (Å²) in [6, 6.07) is 5.25. The molecule has 2 atom stereocenters. The van der Waals surface area contributed by atoms with E-state index in [1.165, 1.54) is 37.4 Å². The van der Waals surface area contributed by atoms with E-state index in [1.54, 1.807) is 22.5 Å². The van der Waals surface area contributed by atoms with Gasteiger partial charge >= 0.3 is 0 Å². The molecule has 5 rings (SSSR count). The molecule has 3 aliphatic rings. The van der Waals surface area contributed by atoms with Gasteiger partial charge in [-0.1, -0.05) is 31.0 Å². The number of rotatable bonds is 5. The van der Waals surface area contributed by atoms with Crippen LogP contribution in [0.25, 0.3) is 11.1 Å². The fourth-order valence-corrected chi connectivity index (χ4v) is 7.77. The number of fused-ring (bicyclic) bond motifs is 2. The summed E-state index contributed by atoms with van der Waals surface area (Å²) in [5.74, 6) is 1.12. The molecule has 32 heavy (non-hydrogen) atoms. The van der Waals surface area contributed by atoms with Crippen LogP contribution in [0.4, 0.5) is 0 Å². The van der Waals surface area contributed by atoms with Gasteiger partial charge in [0.25, 0.3) is 5.22 Å². The van der Waals surface area contributed by atoms with Crippen molar-refractivity contribution in [3.63, 3.8) is 0 Å². The molecule has 3 fully saturated rings. The average molecular weight is 478 g/mol. The van der Waals surface area contributed by atoms with Gasteiger partial charge < -0.3 is 9.32 Å². The van der Waals surface area contributed by atoms with E-state index in [9.17, 15) is 13.2 Å². The molecule has 2 saturated heterocycles. The number of hydrogen-bond donors (Lipinski definition) is 0. The molecule has 1 aliphatic carbocycles. The Kier molecular flexibility index (Phi) is 6.49. The molecule has 0 N–H and O–H groups in total. The van der Waals surface area contributed by atoms with Gasteiger partial charge in [0.2, 0.25) is 15.9 Å². The number of oxazole rings is 1. The van der Waals surface area contributed by atoms with Crippen LogP contribution in [0.2, 0.25) is 0 Å². The summed E-state index contributed by atoms with van der Waals surface area (Å²) in [4.78, 5) is 19.8. The van der Waals surface area contributed by atoms with Crippen molar-refractivity contribution in [1.82, 2.24) is 14.2 Å². The molecule has 1 amide bonds. The predicted octanol–water partition coefficient (Wildman–Crippen LogP) is 4.28. The van der Waals surface area contributed by atoms with Gasteiger partial charge in [0.1, 0.15) is 5.52 Å². The lowest BCUT2D eigenvalue weighted by atomic mass is 9.78. The van der Waals surface area contributed by atoms with Gasteiger partial charge in [-0.3, -0.25) is 4.79 Å². The zero-order valence-corrected chi connectivity index (χ0v) is 20.0. The zero-order chi connectivity index (χ0) is 22.1. The monoisotopic (exact) mass is 477 g/mol. The maximum atomic E-state index is 13.0. The third kappa shape index (κ3) is 4.43. The van der Waals surface area contributed by atoms with Crippen LogP contribution in [0.15, 0.2) is 32.7 Å². The third-order valence-corrected chi connectivity index (χ3v) is 9.88. The van der Waals surface area contributed by atoms with Crippen molar-refractivity contribution in [3.8, 4) is 0 Å². The number of carbonyl (C=O) groups excluding carboxylic acids is 1. The van der Waals surface area contributed by atoms with Crippen molar-refractivity contribution in [2.24, 2.45) is 5.92 Å². The molecule has 0 unspecified atom stereocenters. The quantitative estimate of drug-likeness (QED) is 0.598. The molecular weight excluding hydrogens is 446 g/mol. The number of nitrogens with zero attached hydrogens (tertiary/aromatic N) is 3. The van der Waals surface area contributed by atoms with Crippen molar-refractivity contribution < 1.29 is 17.6 Å². The highest BCUT2D eigenvalue weighted by molar-refractivity contribution is 7.99. The first-order valence-electron chi connectivity index (χ1n) is 11.9. The van der Waals surface area contributed by atoms with E-state index < -0.39 is 10.0 Å². The lowest BCUT2D eigenvalue weighted by Crippen LogP contribution is -2.50. The summed E-state index contributed by atoms with van der Waals surface area (Å²) in [6.45, 7) is 1.99. The predicted molar refractivity (Wildman–Crippen MR) is 124 cm³/mol. The van der Waals surface area contributed by atoms with Gasteiger partial charge in [0.15, 0.2) is 5.58 Å². The highest BCUT2D eigenvalue weighted by Gasteiger charge is 2.35. The number of amides is 1. The molecule has 7 nitrogen and oxygen atoms in total. The van der Waals surface area contributed by atoms with Gasteiger partial charge in [-0.25, -0.2) is 13.4 Å². The van der Waals surface area contributed by atoms with Crippen molar-refractivity contribution >= 4 is 38.8 Å². The van der Waals surface area contributed by atoms with E-state index in [2.05, 4.69) is 9.88 Å². The zero-order valence-electron chi connectivity index (χ0n) is 18.4. The molecule has 1 aromatic carbocycles. The van der Waals surface area contributed by atoms with E-state index in [-0.39, 0.29) is 10.8 Å². The molecule has 0 bridgehead atoms. The maximum absolute atomic E-state index is 13.0. The lowest BCUT2D eigenvalue weighted by Gasteiger charge is -2.44. The summed E-state index contributed by atoms with van der Waals surface area (Å²) in [6.07, 6.45) is 10.1. The Bertz CT molecular complexity index is 1080.